The number of hydrogen-bond donors (Lipinski definition) is 2. The van der Waals surface area contributed by atoms with E-state index in [2.05, 4.69) is 15.6 Å². The molecule has 1 aliphatic rings. The van der Waals surface area contributed by atoms with E-state index in [0.717, 1.165) is 41.7 Å². The van der Waals surface area contributed by atoms with E-state index in [0.29, 0.717) is 12.3 Å². The maximum Gasteiger partial charge on any atom is 0.224 e. The topological polar surface area (TPSA) is 54.0 Å². The summed E-state index contributed by atoms with van der Waals surface area (Å²) < 4.78 is 0. The van der Waals surface area contributed by atoms with Crippen LogP contribution in [0.4, 0.5) is 5.69 Å². The SMILES string of the molecule is Cc1ccc(NC(=O)CC2CCNC2)c2cccnc12. The Morgan fingerprint density at radius 3 is 3.15 bits per heavy atom. The molecule has 0 spiro atoms. The second kappa shape index (κ2) is 5.59. The van der Waals surface area contributed by atoms with Gasteiger partial charge < -0.3 is 10.6 Å². The summed E-state index contributed by atoms with van der Waals surface area (Å²) in [5.74, 6) is 0.553. The van der Waals surface area contributed by atoms with Gasteiger partial charge in [-0.05, 0) is 56.1 Å². The number of aryl methyl sites for hydroxylation is 1. The molecule has 1 aromatic carbocycles. The van der Waals surface area contributed by atoms with Gasteiger partial charge in [0.1, 0.15) is 0 Å². The smallest absolute Gasteiger partial charge is 0.224 e. The number of pyridine rings is 1. The molecule has 2 N–H and O–H groups in total. The molecule has 3 rings (SSSR count). The van der Waals surface area contributed by atoms with Crippen LogP contribution in [-0.4, -0.2) is 24.0 Å². The minimum absolute atomic E-state index is 0.0905. The number of benzene rings is 1. The fourth-order valence-electron chi connectivity index (χ4n) is 2.78. The molecule has 2 heterocycles. The number of amides is 1. The largest absolute Gasteiger partial charge is 0.325 e. The quantitative estimate of drug-likeness (QED) is 0.900. The van der Waals surface area contributed by atoms with Crippen molar-refractivity contribution >= 4 is 22.5 Å². The first-order valence-electron chi connectivity index (χ1n) is 7.09. The van der Waals surface area contributed by atoms with Crippen molar-refractivity contribution in [1.29, 1.82) is 0 Å². The molecule has 1 aliphatic heterocycles. The maximum atomic E-state index is 12.1. The Labute approximate surface area is 118 Å². The zero-order valence-corrected chi connectivity index (χ0v) is 11.6. The predicted octanol–water partition coefficient (Wildman–Crippen LogP) is 2.48. The number of nitrogens with zero attached hydrogens (tertiary/aromatic N) is 1. The van der Waals surface area contributed by atoms with E-state index < -0.39 is 0 Å². The highest BCUT2D eigenvalue weighted by atomic mass is 16.1. The third-order valence-electron chi connectivity index (χ3n) is 3.88. The molecule has 1 saturated heterocycles. The standard InChI is InChI=1S/C16H19N3O/c1-11-4-5-14(13-3-2-7-18-16(11)13)19-15(20)9-12-6-8-17-10-12/h2-5,7,12,17H,6,8-10H2,1H3,(H,19,20). The summed E-state index contributed by atoms with van der Waals surface area (Å²) in [4.78, 5) is 16.5. The molecule has 1 aromatic heterocycles. The molecule has 1 amide bonds. The highest BCUT2D eigenvalue weighted by Gasteiger charge is 2.18. The summed E-state index contributed by atoms with van der Waals surface area (Å²) in [6.07, 6.45) is 3.46. The molecule has 0 bridgehead atoms. The van der Waals surface area contributed by atoms with Gasteiger partial charge in [0.05, 0.1) is 11.2 Å². The number of hydrogen-bond acceptors (Lipinski definition) is 3. The van der Waals surface area contributed by atoms with Crippen molar-refractivity contribution in [3.63, 3.8) is 0 Å². The van der Waals surface area contributed by atoms with Crippen molar-refractivity contribution in [2.45, 2.75) is 19.8 Å². The van der Waals surface area contributed by atoms with Gasteiger partial charge in [0, 0.05) is 18.0 Å². The first kappa shape index (κ1) is 13.1. The summed E-state index contributed by atoms with van der Waals surface area (Å²) in [6, 6.07) is 7.87. The van der Waals surface area contributed by atoms with Gasteiger partial charge in [-0.3, -0.25) is 9.78 Å². The Kier molecular flexibility index (Phi) is 3.65. The fraction of sp³-hybridized carbons (Fsp3) is 0.375. The number of rotatable bonds is 3. The minimum Gasteiger partial charge on any atom is -0.325 e. The van der Waals surface area contributed by atoms with Crippen LogP contribution in [0.15, 0.2) is 30.5 Å². The second-order valence-corrected chi connectivity index (χ2v) is 5.44. The monoisotopic (exact) mass is 269 g/mol. The van der Waals surface area contributed by atoms with Gasteiger partial charge in [0.2, 0.25) is 5.91 Å². The van der Waals surface area contributed by atoms with Crippen LogP contribution >= 0.6 is 0 Å². The number of nitrogens with one attached hydrogen (secondary N) is 2. The van der Waals surface area contributed by atoms with Crippen LogP contribution in [-0.2, 0) is 4.79 Å². The molecule has 104 valence electrons. The van der Waals surface area contributed by atoms with E-state index in [1.54, 1.807) is 6.20 Å². The molecule has 0 radical (unpaired) electrons. The van der Waals surface area contributed by atoms with E-state index in [1.165, 1.54) is 0 Å². The minimum atomic E-state index is 0.0905. The Hall–Kier alpha value is -1.94. The lowest BCUT2D eigenvalue weighted by atomic mass is 10.0. The van der Waals surface area contributed by atoms with Crippen LogP contribution < -0.4 is 10.6 Å². The van der Waals surface area contributed by atoms with Crippen molar-refractivity contribution in [2.24, 2.45) is 5.92 Å². The van der Waals surface area contributed by atoms with Gasteiger partial charge in [-0.1, -0.05) is 6.07 Å². The third kappa shape index (κ3) is 2.65. The van der Waals surface area contributed by atoms with Crippen molar-refractivity contribution in [3.8, 4) is 0 Å². The predicted molar refractivity (Wildman–Crippen MR) is 80.7 cm³/mol. The second-order valence-electron chi connectivity index (χ2n) is 5.44. The van der Waals surface area contributed by atoms with E-state index in [-0.39, 0.29) is 5.91 Å². The zero-order valence-electron chi connectivity index (χ0n) is 11.6. The number of fused-ring (bicyclic) bond motifs is 1. The third-order valence-corrected chi connectivity index (χ3v) is 3.88. The lowest BCUT2D eigenvalue weighted by Crippen LogP contribution is -2.18. The lowest BCUT2D eigenvalue weighted by molar-refractivity contribution is -0.116. The molecule has 0 saturated carbocycles. The van der Waals surface area contributed by atoms with Crippen LogP contribution in [0.2, 0.25) is 0 Å². The Morgan fingerprint density at radius 2 is 2.35 bits per heavy atom. The number of anilines is 1. The van der Waals surface area contributed by atoms with Crippen molar-refractivity contribution in [3.05, 3.63) is 36.0 Å². The van der Waals surface area contributed by atoms with Gasteiger partial charge in [-0.2, -0.15) is 0 Å². The molecule has 4 nitrogen and oxygen atoms in total. The first-order chi connectivity index (χ1) is 9.74. The van der Waals surface area contributed by atoms with Crippen molar-refractivity contribution in [1.82, 2.24) is 10.3 Å². The summed E-state index contributed by atoms with van der Waals surface area (Å²) >= 11 is 0. The van der Waals surface area contributed by atoms with Crippen LogP contribution in [0.1, 0.15) is 18.4 Å². The summed E-state index contributed by atoms with van der Waals surface area (Å²) in [6.45, 7) is 4.00. The van der Waals surface area contributed by atoms with E-state index in [9.17, 15) is 4.79 Å². The zero-order chi connectivity index (χ0) is 13.9. The van der Waals surface area contributed by atoms with Gasteiger partial charge in [0.15, 0.2) is 0 Å². The molecule has 1 fully saturated rings. The highest BCUT2D eigenvalue weighted by Crippen LogP contribution is 2.25. The molecule has 2 aromatic rings. The average Bonchev–Trinajstić information content (AvgIpc) is 2.95. The summed E-state index contributed by atoms with van der Waals surface area (Å²) in [5, 5.41) is 7.33. The van der Waals surface area contributed by atoms with Crippen LogP contribution in [0, 0.1) is 12.8 Å². The normalized spacial score (nSPS) is 18.4. The molecule has 1 unspecified atom stereocenters. The van der Waals surface area contributed by atoms with Crippen LogP contribution in [0.3, 0.4) is 0 Å². The van der Waals surface area contributed by atoms with Gasteiger partial charge in [0.25, 0.3) is 0 Å². The first-order valence-corrected chi connectivity index (χ1v) is 7.09. The average molecular weight is 269 g/mol. The number of aromatic nitrogens is 1. The Bertz CT molecular complexity index is 633. The molecule has 0 aliphatic carbocycles. The van der Waals surface area contributed by atoms with Gasteiger partial charge in [-0.15, -0.1) is 0 Å². The van der Waals surface area contributed by atoms with E-state index >= 15 is 0 Å². The molecule has 1 atom stereocenters. The molecular formula is C16H19N3O. The van der Waals surface area contributed by atoms with Gasteiger partial charge in [-0.25, -0.2) is 0 Å². The lowest BCUT2D eigenvalue weighted by Gasteiger charge is -2.12. The molecule has 20 heavy (non-hydrogen) atoms. The fourth-order valence-corrected chi connectivity index (χ4v) is 2.78. The molecule has 4 heteroatoms. The van der Waals surface area contributed by atoms with Crippen molar-refractivity contribution in [2.75, 3.05) is 18.4 Å². The Morgan fingerprint density at radius 1 is 1.45 bits per heavy atom. The van der Waals surface area contributed by atoms with E-state index in [1.807, 2.05) is 31.2 Å². The number of carbonyl (C=O) groups is 1. The van der Waals surface area contributed by atoms with Crippen molar-refractivity contribution < 1.29 is 4.79 Å². The van der Waals surface area contributed by atoms with E-state index in [4.69, 9.17) is 0 Å². The van der Waals surface area contributed by atoms with Crippen LogP contribution in [0.5, 0.6) is 0 Å². The van der Waals surface area contributed by atoms with Gasteiger partial charge >= 0.3 is 0 Å². The number of carbonyl (C=O) groups excluding carboxylic acids is 1. The van der Waals surface area contributed by atoms with Crippen LogP contribution in [0.25, 0.3) is 10.9 Å². The highest BCUT2D eigenvalue weighted by molar-refractivity contribution is 6.01. The molecular weight excluding hydrogens is 250 g/mol. The summed E-state index contributed by atoms with van der Waals surface area (Å²) in [5.41, 5.74) is 2.93. The summed E-state index contributed by atoms with van der Waals surface area (Å²) in [7, 11) is 0. The Balaban J connectivity index is 1.80. The maximum absolute atomic E-state index is 12.1.